The van der Waals surface area contributed by atoms with E-state index >= 15 is 0 Å². The van der Waals surface area contributed by atoms with E-state index in [-0.39, 0.29) is 17.7 Å². The zero-order valence-corrected chi connectivity index (χ0v) is 16.8. The monoisotopic (exact) mass is 380 g/mol. The fourth-order valence-electron chi connectivity index (χ4n) is 3.77. The molecule has 0 aliphatic carbocycles. The summed E-state index contributed by atoms with van der Waals surface area (Å²) in [6.07, 6.45) is 1.65. The van der Waals surface area contributed by atoms with Gasteiger partial charge in [-0.25, -0.2) is 0 Å². The molecule has 1 heterocycles. The minimum atomic E-state index is -0.172. The van der Waals surface area contributed by atoms with E-state index in [9.17, 15) is 9.59 Å². The summed E-state index contributed by atoms with van der Waals surface area (Å²) in [4.78, 5) is 27.4. The SMILES string of the molecule is COc1cccc(CNC(=O)C2CCCN(C(=O)c3cc(C)cc(C)c3)C2)c1. The van der Waals surface area contributed by atoms with Gasteiger partial charge in [-0.1, -0.05) is 29.3 Å². The minimum Gasteiger partial charge on any atom is -0.497 e. The number of piperidine rings is 1. The lowest BCUT2D eigenvalue weighted by atomic mass is 9.96. The van der Waals surface area contributed by atoms with Crippen LogP contribution in [-0.4, -0.2) is 36.9 Å². The van der Waals surface area contributed by atoms with Crippen molar-refractivity contribution < 1.29 is 14.3 Å². The van der Waals surface area contributed by atoms with Crippen LogP contribution < -0.4 is 10.1 Å². The topological polar surface area (TPSA) is 58.6 Å². The Bertz CT molecular complexity index is 842. The summed E-state index contributed by atoms with van der Waals surface area (Å²) in [5.74, 6) is 0.613. The molecule has 1 saturated heterocycles. The summed E-state index contributed by atoms with van der Waals surface area (Å²) in [6, 6.07) is 13.6. The number of methoxy groups -OCH3 is 1. The van der Waals surface area contributed by atoms with Gasteiger partial charge in [0, 0.05) is 25.2 Å². The largest absolute Gasteiger partial charge is 0.497 e. The van der Waals surface area contributed by atoms with E-state index in [0.717, 1.165) is 35.3 Å². The van der Waals surface area contributed by atoms with E-state index in [2.05, 4.69) is 11.4 Å². The summed E-state index contributed by atoms with van der Waals surface area (Å²) in [5.41, 5.74) is 3.85. The second-order valence-corrected chi connectivity index (χ2v) is 7.54. The van der Waals surface area contributed by atoms with E-state index in [1.54, 1.807) is 7.11 Å². The van der Waals surface area contributed by atoms with E-state index in [1.807, 2.05) is 55.1 Å². The van der Waals surface area contributed by atoms with E-state index in [0.29, 0.717) is 25.2 Å². The van der Waals surface area contributed by atoms with Crippen LogP contribution in [0.5, 0.6) is 5.75 Å². The Hall–Kier alpha value is -2.82. The second-order valence-electron chi connectivity index (χ2n) is 7.54. The number of benzene rings is 2. The molecule has 5 nitrogen and oxygen atoms in total. The molecule has 5 heteroatoms. The highest BCUT2D eigenvalue weighted by molar-refractivity contribution is 5.95. The van der Waals surface area contributed by atoms with Gasteiger partial charge in [0.15, 0.2) is 0 Å². The van der Waals surface area contributed by atoms with Gasteiger partial charge in [0.05, 0.1) is 13.0 Å². The van der Waals surface area contributed by atoms with Crippen LogP contribution in [0.15, 0.2) is 42.5 Å². The first-order chi connectivity index (χ1) is 13.5. The standard InChI is InChI=1S/C23H28N2O3/c1-16-10-17(2)12-20(11-16)23(27)25-9-5-7-19(15-25)22(26)24-14-18-6-4-8-21(13-18)28-3/h4,6,8,10-13,19H,5,7,9,14-15H2,1-3H3,(H,24,26). The van der Waals surface area contributed by atoms with Crippen LogP contribution in [-0.2, 0) is 11.3 Å². The van der Waals surface area contributed by atoms with Crippen molar-refractivity contribution in [3.8, 4) is 5.75 Å². The Morgan fingerprint density at radius 1 is 1.14 bits per heavy atom. The van der Waals surface area contributed by atoms with Gasteiger partial charge in [-0.15, -0.1) is 0 Å². The highest BCUT2D eigenvalue weighted by Crippen LogP contribution is 2.20. The number of ether oxygens (including phenoxy) is 1. The first-order valence-corrected chi connectivity index (χ1v) is 9.74. The lowest BCUT2D eigenvalue weighted by molar-refractivity contribution is -0.126. The molecule has 28 heavy (non-hydrogen) atoms. The van der Waals surface area contributed by atoms with Crippen molar-refractivity contribution in [2.45, 2.75) is 33.2 Å². The van der Waals surface area contributed by atoms with Gasteiger partial charge in [-0.05, 0) is 56.5 Å². The zero-order chi connectivity index (χ0) is 20.1. The molecule has 1 fully saturated rings. The molecule has 3 rings (SSSR count). The van der Waals surface area contributed by atoms with Crippen molar-refractivity contribution in [1.29, 1.82) is 0 Å². The third kappa shape index (κ3) is 4.91. The van der Waals surface area contributed by atoms with Gasteiger partial charge < -0.3 is 15.0 Å². The van der Waals surface area contributed by atoms with Crippen LogP contribution in [0.1, 0.15) is 39.9 Å². The van der Waals surface area contributed by atoms with Crippen LogP contribution in [0.4, 0.5) is 0 Å². The third-order valence-electron chi connectivity index (χ3n) is 5.15. The Balaban J connectivity index is 1.60. The normalized spacial score (nSPS) is 16.5. The van der Waals surface area contributed by atoms with Gasteiger partial charge >= 0.3 is 0 Å². The maximum Gasteiger partial charge on any atom is 0.253 e. The lowest BCUT2D eigenvalue weighted by Gasteiger charge is -2.32. The average Bonchev–Trinajstić information content (AvgIpc) is 2.71. The number of hydrogen-bond donors (Lipinski definition) is 1. The lowest BCUT2D eigenvalue weighted by Crippen LogP contribution is -2.45. The Morgan fingerprint density at radius 2 is 1.89 bits per heavy atom. The molecular weight excluding hydrogens is 352 g/mol. The van der Waals surface area contributed by atoms with Crippen LogP contribution >= 0.6 is 0 Å². The quantitative estimate of drug-likeness (QED) is 0.864. The number of nitrogens with one attached hydrogen (secondary N) is 1. The van der Waals surface area contributed by atoms with Crippen molar-refractivity contribution in [3.63, 3.8) is 0 Å². The summed E-state index contributed by atoms with van der Waals surface area (Å²) < 4.78 is 5.22. The number of amides is 2. The number of aryl methyl sites for hydroxylation is 2. The van der Waals surface area contributed by atoms with Crippen molar-refractivity contribution in [1.82, 2.24) is 10.2 Å². The molecular formula is C23H28N2O3. The second kappa shape index (κ2) is 8.91. The fraction of sp³-hybridized carbons (Fsp3) is 0.391. The Morgan fingerprint density at radius 3 is 2.61 bits per heavy atom. The smallest absolute Gasteiger partial charge is 0.253 e. The molecule has 1 aliphatic heterocycles. The molecule has 148 valence electrons. The van der Waals surface area contributed by atoms with Crippen molar-refractivity contribution in [3.05, 3.63) is 64.7 Å². The minimum absolute atomic E-state index is 0.000688. The molecule has 2 aromatic carbocycles. The van der Waals surface area contributed by atoms with E-state index < -0.39 is 0 Å². The fourth-order valence-corrected chi connectivity index (χ4v) is 3.77. The van der Waals surface area contributed by atoms with E-state index in [4.69, 9.17) is 4.74 Å². The van der Waals surface area contributed by atoms with Crippen molar-refractivity contribution in [2.75, 3.05) is 20.2 Å². The maximum absolute atomic E-state index is 12.9. The molecule has 1 atom stereocenters. The highest BCUT2D eigenvalue weighted by atomic mass is 16.5. The van der Waals surface area contributed by atoms with Gasteiger partial charge in [-0.2, -0.15) is 0 Å². The Kier molecular flexibility index (Phi) is 6.34. The molecule has 2 amide bonds. The van der Waals surface area contributed by atoms with Gasteiger partial charge in [0.2, 0.25) is 5.91 Å². The molecule has 2 aromatic rings. The first-order valence-electron chi connectivity index (χ1n) is 9.74. The number of carbonyl (C=O) groups excluding carboxylic acids is 2. The van der Waals surface area contributed by atoms with Gasteiger partial charge in [0.25, 0.3) is 5.91 Å². The highest BCUT2D eigenvalue weighted by Gasteiger charge is 2.29. The summed E-state index contributed by atoms with van der Waals surface area (Å²) in [6.45, 7) is 5.61. The van der Waals surface area contributed by atoms with Gasteiger partial charge in [0.1, 0.15) is 5.75 Å². The van der Waals surface area contributed by atoms with Crippen LogP contribution in [0, 0.1) is 19.8 Å². The summed E-state index contributed by atoms with van der Waals surface area (Å²) in [7, 11) is 1.63. The molecule has 0 saturated carbocycles. The van der Waals surface area contributed by atoms with Crippen molar-refractivity contribution in [2.24, 2.45) is 5.92 Å². The van der Waals surface area contributed by atoms with E-state index in [1.165, 1.54) is 0 Å². The molecule has 1 aliphatic rings. The number of carbonyl (C=O) groups is 2. The van der Waals surface area contributed by atoms with Crippen LogP contribution in [0.25, 0.3) is 0 Å². The number of nitrogens with zero attached hydrogens (tertiary/aromatic N) is 1. The molecule has 0 aromatic heterocycles. The van der Waals surface area contributed by atoms with Gasteiger partial charge in [-0.3, -0.25) is 9.59 Å². The van der Waals surface area contributed by atoms with Crippen LogP contribution in [0.2, 0.25) is 0 Å². The predicted molar refractivity (Wildman–Crippen MR) is 109 cm³/mol. The number of likely N-dealkylation sites (tertiary alicyclic amines) is 1. The third-order valence-corrected chi connectivity index (χ3v) is 5.15. The van der Waals surface area contributed by atoms with Crippen LogP contribution in [0.3, 0.4) is 0 Å². The number of rotatable bonds is 5. The molecule has 0 radical (unpaired) electrons. The average molecular weight is 380 g/mol. The summed E-state index contributed by atoms with van der Waals surface area (Å²) in [5, 5.41) is 3.01. The Labute approximate surface area is 166 Å². The molecule has 1 N–H and O–H groups in total. The molecule has 0 bridgehead atoms. The van der Waals surface area contributed by atoms with Crippen molar-refractivity contribution >= 4 is 11.8 Å². The maximum atomic E-state index is 12.9. The number of hydrogen-bond acceptors (Lipinski definition) is 3. The zero-order valence-electron chi connectivity index (χ0n) is 16.8. The predicted octanol–water partition coefficient (Wildman–Crippen LogP) is 3.48. The molecule has 0 spiro atoms. The first kappa shape index (κ1) is 19.9. The summed E-state index contributed by atoms with van der Waals surface area (Å²) >= 11 is 0. The molecule has 1 unspecified atom stereocenters.